The summed E-state index contributed by atoms with van der Waals surface area (Å²) in [5.74, 6) is 0.382. The summed E-state index contributed by atoms with van der Waals surface area (Å²) in [7, 11) is 0. The lowest BCUT2D eigenvalue weighted by molar-refractivity contribution is 0.628. The summed E-state index contributed by atoms with van der Waals surface area (Å²) in [6.45, 7) is 0.576. The molecule has 0 spiro atoms. The van der Waals surface area contributed by atoms with Crippen LogP contribution in [0.1, 0.15) is 5.69 Å². The van der Waals surface area contributed by atoms with Crippen LogP contribution in [0, 0.1) is 5.82 Å². The van der Waals surface area contributed by atoms with Gasteiger partial charge in [0.25, 0.3) is 0 Å². The van der Waals surface area contributed by atoms with E-state index < -0.39 is 0 Å². The summed E-state index contributed by atoms with van der Waals surface area (Å²) in [5, 5.41) is 4.76. The van der Waals surface area contributed by atoms with Crippen molar-refractivity contribution in [2.45, 2.75) is 6.42 Å². The van der Waals surface area contributed by atoms with Crippen LogP contribution in [-0.4, -0.2) is 31.5 Å². The summed E-state index contributed by atoms with van der Waals surface area (Å²) in [5.41, 5.74) is 4.62. The third-order valence-corrected chi connectivity index (χ3v) is 5.23. The Kier molecular flexibility index (Phi) is 4.72. The number of nitrogens with zero attached hydrogens (tertiary/aromatic N) is 4. The molecule has 0 aliphatic carbocycles. The number of H-pyrrole nitrogens is 1. The first kappa shape index (κ1) is 18.4. The van der Waals surface area contributed by atoms with Crippen molar-refractivity contribution in [3.63, 3.8) is 0 Å². The molecule has 0 radical (unpaired) electrons. The van der Waals surface area contributed by atoms with Gasteiger partial charge in [0.05, 0.1) is 17.5 Å². The summed E-state index contributed by atoms with van der Waals surface area (Å²) < 4.78 is 13.9. The van der Waals surface area contributed by atoms with Gasteiger partial charge in [0.15, 0.2) is 11.5 Å². The molecule has 0 atom stereocenters. The Bertz CT molecular complexity index is 1370. The van der Waals surface area contributed by atoms with Crippen LogP contribution in [0.2, 0.25) is 5.02 Å². The fourth-order valence-corrected chi connectivity index (χ4v) is 3.72. The van der Waals surface area contributed by atoms with Gasteiger partial charge in [0.2, 0.25) is 0 Å². The maximum Gasteiger partial charge on any atom is 0.182 e. The number of aromatic amines is 1. The molecule has 0 fully saturated rings. The van der Waals surface area contributed by atoms with E-state index in [-0.39, 0.29) is 5.82 Å². The number of rotatable bonds is 5. The molecule has 8 heteroatoms. The molecule has 5 aromatic rings. The number of hydrogen-bond acceptors (Lipinski definition) is 5. The van der Waals surface area contributed by atoms with Gasteiger partial charge in [-0.05, 0) is 35.9 Å². The second kappa shape index (κ2) is 7.68. The van der Waals surface area contributed by atoms with E-state index in [2.05, 4.69) is 25.3 Å². The predicted octanol–water partition coefficient (Wildman–Crippen LogP) is 5.02. The van der Waals surface area contributed by atoms with E-state index in [0.29, 0.717) is 29.5 Å². The fraction of sp³-hybridized carbons (Fsp3) is 0.0909. The Morgan fingerprint density at radius 2 is 1.93 bits per heavy atom. The summed E-state index contributed by atoms with van der Waals surface area (Å²) in [4.78, 5) is 20.4. The number of hydrogen-bond donors (Lipinski definition) is 2. The van der Waals surface area contributed by atoms with E-state index in [0.717, 1.165) is 33.2 Å². The first-order chi connectivity index (χ1) is 14.7. The Balaban J connectivity index is 1.50. The molecule has 0 bridgehead atoms. The van der Waals surface area contributed by atoms with E-state index in [4.69, 9.17) is 16.6 Å². The van der Waals surface area contributed by atoms with Crippen LogP contribution in [0.4, 0.5) is 10.2 Å². The van der Waals surface area contributed by atoms with Gasteiger partial charge in [-0.25, -0.2) is 19.3 Å². The summed E-state index contributed by atoms with van der Waals surface area (Å²) in [6.07, 6.45) is 3.66. The second-order valence-corrected chi connectivity index (χ2v) is 7.21. The maximum atomic E-state index is 13.9. The molecule has 3 aromatic heterocycles. The van der Waals surface area contributed by atoms with E-state index in [1.807, 2.05) is 30.3 Å². The fourth-order valence-electron chi connectivity index (χ4n) is 3.49. The number of benzene rings is 2. The minimum atomic E-state index is -0.293. The van der Waals surface area contributed by atoms with E-state index >= 15 is 0 Å². The van der Waals surface area contributed by atoms with Gasteiger partial charge in [-0.3, -0.25) is 4.98 Å². The number of aromatic nitrogens is 5. The molecule has 0 amide bonds. The van der Waals surface area contributed by atoms with Crippen LogP contribution < -0.4 is 5.32 Å². The molecule has 148 valence electrons. The molecule has 0 unspecified atom stereocenters. The highest BCUT2D eigenvalue weighted by Gasteiger charge is 2.12. The maximum absolute atomic E-state index is 13.9. The molecule has 0 saturated carbocycles. The average molecular weight is 419 g/mol. The zero-order chi connectivity index (χ0) is 20.5. The van der Waals surface area contributed by atoms with Crippen molar-refractivity contribution in [3.05, 3.63) is 77.7 Å². The van der Waals surface area contributed by atoms with Gasteiger partial charge in [-0.15, -0.1) is 0 Å². The number of pyridine rings is 1. The molecular weight excluding hydrogens is 403 g/mol. The number of halogens is 2. The smallest absolute Gasteiger partial charge is 0.182 e. The Labute approximate surface area is 176 Å². The zero-order valence-electron chi connectivity index (χ0n) is 15.7. The number of imidazole rings is 1. The average Bonchev–Trinajstić information content (AvgIpc) is 3.23. The third kappa shape index (κ3) is 3.44. The largest absolute Gasteiger partial charge is 0.368 e. The predicted molar refractivity (Wildman–Crippen MR) is 116 cm³/mol. The van der Waals surface area contributed by atoms with Gasteiger partial charge in [-0.1, -0.05) is 29.8 Å². The number of nitrogens with one attached hydrogen (secondary N) is 2. The lowest BCUT2D eigenvalue weighted by Crippen LogP contribution is -2.09. The van der Waals surface area contributed by atoms with Crippen molar-refractivity contribution in [1.82, 2.24) is 24.9 Å². The van der Waals surface area contributed by atoms with Crippen LogP contribution in [0.25, 0.3) is 33.2 Å². The van der Waals surface area contributed by atoms with E-state index in [1.165, 1.54) is 18.5 Å². The lowest BCUT2D eigenvalue weighted by Gasteiger charge is -2.13. The third-order valence-electron chi connectivity index (χ3n) is 4.90. The van der Waals surface area contributed by atoms with Crippen molar-refractivity contribution < 1.29 is 4.39 Å². The van der Waals surface area contributed by atoms with Crippen LogP contribution in [-0.2, 0) is 6.42 Å². The number of anilines is 1. The number of fused-ring (bicyclic) bond motifs is 2. The van der Waals surface area contributed by atoms with E-state index in [1.54, 1.807) is 12.4 Å². The van der Waals surface area contributed by atoms with Crippen molar-refractivity contribution in [1.29, 1.82) is 0 Å². The van der Waals surface area contributed by atoms with Crippen LogP contribution >= 0.6 is 11.6 Å². The lowest BCUT2D eigenvalue weighted by atomic mass is 9.99. The molecule has 5 rings (SSSR count). The molecule has 2 N–H and O–H groups in total. The van der Waals surface area contributed by atoms with Gasteiger partial charge in [0, 0.05) is 28.9 Å². The topological polar surface area (TPSA) is 79.4 Å². The molecule has 2 aromatic carbocycles. The Morgan fingerprint density at radius 3 is 2.83 bits per heavy atom. The first-order valence-corrected chi connectivity index (χ1v) is 9.79. The van der Waals surface area contributed by atoms with Gasteiger partial charge >= 0.3 is 0 Å². The van der Waals surface area contributed by atoms with Crippen molar-refractivity contribution in [2.24, 2.45) is 0 Å². The van der Waals surface area contributed by atoms with Gasteiger partial charge in [-0.2, -0.15) is 0 Å². The molecular formula is C22H16ClFN6. The quantitative estimate of drug-likeness (QED) is 0.419. The molecule has 6 nitrogen and oxygen atoms in total. The highest BCUT2D eigenvalue weighted by atomic mass is 35.5. The van der Waals surface area contributed by atoms with Gasteiger partial charge < -0.3 is 10.3 Å². The minimum absolute atomic E-state index is 0.293. The van der Waals surface area contributed by atoms with Crippen molar-refractivity contribution >= 4 is 39.5 Å². The van der Waals surface area contributed by atoms with Crippen LogP contribution in [0.5, 0.6) is 0 Å². The van der Waals surface area contributed by atoms with Crippen molar-refractivity contribution in [3.8, 4) is 11.1 Å². The SMILES string of the molecule is Fc1cccc(-c2cc3c(Cl)cccc3nc2CCNc2ncnc3nc[nH]c23)c1. The second-order valence-electron chi connectivity index (χ2n) is 6.80. The zero-order valence-corrected chi connectivity index (χ0v) is 16.5. The molecule has 0 aliphatic rings. The highest BCUT2D eigenvalue weighted by molar-refractivity contribution is 6.35. The normalized spacial score (nSPS) is 11.3. The van der Waals surface area contributed by atoms with Gasteiger partial charge in [0.1, 0.15) is 17.7 Å². The molecule has 3 heterocycles. The summed E-state index contributed by atoms with van der Waals surface area (Å²) in [6, 6.07) is 14.1. The Hall–Kier alpha value is -3.58. The molecule has 0 saturated heterocycles. The van der Waals surface area contributed by atoms with Crippen molar-refractivity contribution in [2.75, 3.05) is 11.9 Å². The minimum Gasteiger partial charge on any atom is -0.368 e. The van der Waals surface area contributed by atoms with Crippen LogP contribution in [0.15, 0.2) is 61.2 Å². The molecule has 30 heavy (non-hydrogen) atoms. The highest BCUT2D eigenvalue weighted by Crippen LogP contribution is 2.31. The molecule has 0 aliphatic heterocycles. The monoisotopic (exact) mass is 418 g/mol. The standard InChI is InChI=1S/C22H16ClFN6/c23-17-5-2-6-18-16(17)10-15(13-3-1-4-14(24)9-13)19(30-18)7-8-25-21-20-22(27-11-26-20)29-12-28-21/h1-6,9-12H,7-8H2,(H2,25,26,27,28,29). The Morgan fingerprint density at radius 1 is 1.03 bits per heavy atom. The summed E-state index contributed by atoms with van der Waals surface area (Å²) >= 11 is 6.38. The first-order valence-electron chi connectivity index (χ1n) is 9.41. The van der Waals surface area contributed by atoms with E-state index in [9.17, 15) is 4.39 Å². The van der Waals surface area contributed by atoms with Crippen LogP contribution in [0.3, 0.4) is 0 Å².